The van der Waals surface area contributed by atoms with Crippen molar-refractivity contribution in [3.63, 3.8) is 0 Å². The van der Waals surface area contributed by atoms with Crippen LogP contribution in [-0.4, -0.2) is 4.98 Å². The quantitative estimate of drug-likeness (QED) is 0.819. The highest BCUT2D eigenvalue weighted by atomic mass is 35.5. The van der Waals surface area contributed by atoms with Crippen molar-refractivity contribution in [1.82, 2.24) is 4.98 Å². The summed E-state index contributed by atoms with van der Waals surface area (Å²) >= 11 is 6.15. The summed E-state index contributed by atoms with van der Waals surface area (Å²) in [5, 5.41) is 0.733. The van der Waals surface area contributed by atoms with Crippen LogP contribution in [0.25, 0.3) is 0 Å². The van der Waals surface area contributed by atoms with Crippen LogP contribution in [-0.2, 0) is 0 Å². The van der Waals surface area contributed by atoms with Gasteiger partial charge in [0.25, 0.3) is 0 Å². The molecule has 0 amide bonds. The molecule has 0 radical (unpaired) electrons. The van der Waals surface area contributed by atoms with E-state index in [4.69, 9.17) is 17.3 Å². The Hall–Kier alpha value is -0.600. The maximum atomic E-state index is 6.15. The summed E-state index contributed by atoms with van der Waals surface area (Å²) in [4.78, 5) is 4.37. The minimum Gasteiger partial charge on any atom is -0.324 e. The van der Waals surface area contributed by atoms with Gasteiger partial charge in [-0.2, -0.15) is 0 Å². The van der Waals surface area contributed by atoms with Crippen molar-refractivity contribution >= 4 is 11.6 Å². The number of hydrogen-bond donors (Lipinski definition) is 1. The van der Waals surface area contributed by atoms with Crippen LogP contribution in [0.2, 0.25) is 5.02 Å². The maximum absolute atomic E-state index is 6.15. The third-order valence-corrected chi connectivity index (χ3v) is 2.69. The Kier molecular flexibility index (Phi) is 3.51. The molecule has 0 fully saturated rings. The van der Waals surface area contributed by atoms with Gasteiger partial charge >= 0.3 is 0 Å². The SMILES string of the molecule is Cc1cc(Cl)c(C(N)C(C)C)c(C)n1. The molecule has 1 atom stereocenters. The van der Waals surface area contributed by atoms with Gasteiger partial charge in [0.15, 0.2) is 0 Å². The molecule has 0 aromatic carbocycles. The van der Waals surface area contributed by atoms with Crippen LogP contribution in [0, 0.1) is 19.8 Å². The summed E-state index contributed by atoms with van der Waals surface area (Å²) in [6.07, 6.45) is 0. The lowest BCUT2D eigenvalue weighted by Gasteiger charge is -2.19. The number of aromatic nitrogens is 1. The van der Waals surface area contributed by atoms with Crippen LogP contribution >= 0.6 is 11.6 Å². The van der Waals surface area contributed by atoms with Crippen LogP contribution in [0.1, 0.15) is 36.8 Å². The number of nitrogens with zero attached hydrogens (tertiary/aromatic N) is 1. The molecule has 2 N–H and O–H groups in total. The van der Waals surface area contributed by atoms with Crippen molar-refractivity contribution in [3.8, 4) is 0 Å². The first-order valence-corrected chi connectivity index (χ1v) is 5.20. The number of hydrogen-bond acceptors (Lipinski definition) is 2. The van der Waals surface area contributed by atoms with Crippen molar-refractivity contribution < 1.29 is 0 Å². The Morgan fingerprint density at radius 2 is 1.93 bits per heavy atom. The van der Waals surface area contributed by atoms with Gasteiger partial charge in [0.1, 0.15) is 0 Å². The minimum atomic E-state index is -0.0319. The molecule has 0 bridgehead atoms. The van der Waals surface area contributed by atoms with Gasteiger partial charge in [0, 0.05) is 28.0 Å². The highest BCUT2D eigenvalue weighted by molar-refractivity contribution is 6.31. The first kappa shape index (κ1) is 11.5. The highest BCUT2D eigenvalue weighted by Crippen LogP contribution is 2.28. The van der Waals surface area contributed by atoms with Gasteiger partial charge in [-0.15, -0.1) is 0 Å². The molecular weight excluding hydrogens is 196 g/mol. The lowest BCUT2D eigenvalue weighted by Crippen LogP contribution is -2.19. The average Bonchev–Trinajstić information content (AvgIpc) is 2.01. The van der Waals surface area contributed by atoms with Crippen molar-refractivity contribution in [2.24, 2.45) is 11.7 Å². The summed E-state index contributed by atoms with van der Waals surface area (Å²) < 4.78 is 0. The number of halogens is 1. The van der Waals surface area contributed by atoms with Crippen LogP contribution in [0.4, 0.5) is 0 Å². The van der Waals surface area contributed by atoms with E-state index in [1.165, 1.54) is 0 Å². The van der Waals surface area contributed by atoms with Gasteiger partial charge in [-0.25, -0.2) is 0 Å². The van der Waals surface area contributed by atoms with Crippen molar-refractivity contribution in [2.45, 2.75) is 33.7 Å². The average molecular weight is 213 g/mol. The standard InChI is InChI=1S/C11H17ClN2/c1-6(2)11(13)10-8(4)14-7(3)5-9(10)12/h5-6,11H,13H2,1-4H3. The molecule has 0 saturated heterocycles. The van der Waals surface area contributed by atoms with Gasteiger partial charge in [0.05, 0.1) is 0 Å². The monoisotopic (exact) mass is 212 g/mol. The van der Waals surface area contributed by atoms with Crippen LogP contribution in [0.3, 0.4) is 0 Å². The molecule has 0 spiro atoms. The second-order valence-corrected chi connectivity index (χ2v) is 4.42. The van der Waals surface area contributed by atoms with Crippen molar-refractivity contribution in [2.75, 3.05) is 0 Å². The second kappa shape index (κ2) is 4.28. The Morgan fingerprint density at radius 3 is 2.36 bits per heavy atom. The first-order chi connectivity index (χ1) is 6.43. The summed E-state index contributed by atoms with van der Waals surface area (Å²) in [5.41, 5.74) is 8.92. The van der Waals surface area contributed by atoms with E-state index in [2.05, 4.69) is 18.8 Å². The van der Waals surface area contributed by atoms with E-state index >= 15 is 0 Å². The van der Waals surface area contributed by atoms with Gasteiger partial charge in [0.2, 0.25) is 0 Å². The lowest BCUT2D eigenvalue weighted by atomic mass is 9.96. The Bertz CT molecular complexity index is 311. The number of pyridine rings is 1. The van der Waals surface area contributed by atoms with Crippen LogP contribution < -0.4 is 5.73 Å². The first-order valence-electron chi connectivity index (χ1n) is 4.82. The van der Waals surface area contributed by atoms with E-state index < -0.39 is 0 Å². The van der Waals surface area contributed by atoms with Crippen LogP contribution in [0.15, 0.2) is 6.07 Å². The molecule has 78 valence electrons. The largest absolute Gasteiger partial charge is 0.324 e. The molecule has 1 heterocycles. The van der Waals surface area contributed by atoms with E-state index in [1.54, 1.807) is 0 Å². The number of nitrogens with two attached hydrogens (primary N) is 1. The molecule has 14 heavy (non-hydrogen) atoms. The fraction of sp³-hybridized carbons (Fsp3) is 0.545. The molecule has 0 aliphatic rings. The van der Waals surface area contributed by atoms with E-state index in [1.807, 2.05) is 19.9 Å². The summed E-state index contributed by atoms with van der Waals surface area (Å²) in [7, 11) is 0. The van der Waals surface area contributed by atoms with Gasteiger partial charge in [-0.3, -0.25) is 4.98 Å². The fourth-order valence-corrected chi connectivity index (χ4v) is 1.95. The molecule has 3 heteroatoms. The summed E-state index contributed by atoms with van der Waals surface area (Å²) in [6.45, 7) is 8.06. The Labute approximate surface area is 90.5 Å². The van der Waals surface area contributed by atoms with E-state index in [-0.39, 0.29) is 6.04 Å². The highest BCUT2D eigenvalue weighted by Gasteiger charge is 2.17. The zero-order valence-electron chi connectivity index (χ0n) is 9.13. The molecule has 2 nitrogen and oxygen atoms in total. The van der Waals surface area contributed by atoms with Crippen molar-refractivity contribution in [1.29, 1.82) is 0 Å². The van der Waals surface area contributed by atoms with E-state index in [0.717, 1.165) is 22.0 Å². The molecule has 1 aromatic heterocycles. The Morgan fingerprint density at radius 1 is 1.36 bits per heavy atom. The fourth-order valence-electron chi connectivity index (χ4n) is 1.52. The predicted octanol–water partition coefficient (Wildman–Crippen LogP) is 3.01. The molecule has 1 unspecified atom stereocenters. The topological polar surface area (TPSA) is 38.9 Å². The second-order valence-electron chi connectivity index (χ2n) is 4.01. The minimum absolute atomic E-state index is 0.0319. The zero-order chi connectivity index (χ0) is 10.9. The molecule has 0 saturated carbocycles. The van der Waals surface area contributed by atoms with E-state index in [0.29, 0.717) is 5.92 Å². The summed E-state index contributed by atoms with van der Waals surface area (Å²) in [6, 6.07) is 1.84. The van der Waals surface area contributed by atoms with Crippen LogP contribution in [0.5, 0.6) is 0 Å². The maximum Gasteiger partial charge on any atom is 0.0489 e. The normalized spacial score (nSPS) is 13.4. The van der Waals surface area contributed by atoms with E-state index in [9.17, 15) is 0 Å². The zero-order valence-corrected chi connectivity index (χ0v) is 9.89. The lowest BCUT2D eigenvalue weighted by molar-refractivity contribution is 0.510. The molecule has 1 rings (SSSR count). The number of rotatable bonds is 2. The van der Waals surface area contributed by atoms with Gasteiger partial charge in [-0.1, -0.05) is 25.4 Å². The van der Waals surface area contributed by atoms with Gasteiger partial charge < -0.3 is 5.73 Å². The molecule has 1 aromatic rings. The molecule has 0 aliphatic carbocycles. The Balaban J connectivity index is 3.20. The predicted molar refractivity (Wildman–Crippen MR) is 60.5 cm³/mol. The third kappa shape index (κ3) is 2.25. The summed E-state index contributed by atoms with van der Waals surface area (Å²) in [5.74, 6) is 0.371. The third-order valence-electron chi connectivity index (χ3n) is 2.38. The molecule has 0 aliphatic heterocycles. The van der Waals surface area contributed by atoms with Gasteiger partial charge in [-0.05, 0) is 25.8 Å². The number of aryl methyl sites for hydroxylation is 2. The molecular formula is C11H17ClN2. The van der Waals surface area contributed by atoms with Crippen molar-refractivity contribution in [3.05, 3.63) is 28.0 Å². The smallest absolute Gasteiger partial charge is 0.0489 e.